The van der Waals surface area contributed by atoms with Crippen molar-refractivity contribution in [3.63, 3.8) is 0 Å². The Balaban J connectivity index is 0.00000243. The van der Waals surface area contributed by atoms with Crippen molar-refractivity contribution in [1.29, 1.82) is 0 Å². The quantitative estimate of drug-likeness (QED) is 0.392. The van der Waals surface area contributed by atoms with Crippen LogP contribution in [-0.2, 0) is 13.1 Å². The lowest BCUT2D eigenvalue weighted by molar-refractivity contribution is 0.172. The maximum atomic E-state index is 5.96. The number of thiazole rings is 1. The fourth-order valence-corrected chi connectivity index (χ4v) is 3.79. The summed E-state index contributed by atoms with van der Waals surface area (Å²) in [6.07, 6.45) is 1.92. The van der Waals surface area contributed by atoms with E-state index in [4.69, 9.17) is 11.6 Å². The molecule has 5 nitrogen and oxygen atoms in total. The first-order chi connectivity index (χ1) is 12.1. The predicted octanol–water partition coefficient (Wildman–Crippen LogP) is 3.62. The van der Waals surface area contributed by atoms with Crippen LogP contribution in [0.4, 0.5) is 0 Å². The van der Waals surface area contributed by atoms with E-state index < -0.39 is 0 Å². The van der Waals surface area contributed by atoms with E-state index in [-0.39, 0.29) is 24.0 Å². The second-order valence-electron chi connectivity index (χ2n) is 6.16. The zero-order valence-electron chi connectivity index (χ0n) is 15.1. The molecule has 1 aliphatic rings. The van der Waals surface area contributed by atoms with Gasteiger partial charge in [-0.25, -0.2) is 4.98 Å². The van der Waals surface area contributed by atoms with Crippen LogP contribution < -0.4 is 5.32 Å². The molecule has 0 unspecified atom stereocenters. The molecule has 0 radical (unpaired) electrons. The topological polar surface area (TPSA) is 43.8 Å². The highest BCUT2D eigenvalue weighted by Crippen LogP contribution is 2.14. The average molecular weight is 506 g/mol. The monoisotopic (exact) mass is 505 g/mol. The summed E-state index contributed by atoms with van der Waals surface area (Å²) in [5, 5.41) is 5.32. The van der Waals surface area contributed by atoms with Crippen LogP contribution >= 0.6 is 46.9 Å². The molecule has 0 aliphatic carbocycles. The van der Waals surface area contributed by atoms with Crippen LogP contribution in [0.5, 0.6) is 0 Å². The summed E-state index contributed by atoms with van der Waals surface area (Å²) in [5.41, 5.74) is 1.31. The van der Waals surface area contributed by atoms with Crippen LogP contribution in [0.1, 0.15) is 15.4 Å². The highest BCUT2D eigenvalue weighted by atomic mass is 127. The standard InChI is InChI=1S/C18H24ClN5S.HI/c1-14-11-21-17(25-14)12-22-18(20-2)24-9-7-23(8-10-24)13-15-3-5-16(19)6-4-15;/h3-6,11H,7-10,12-13H2,1-2H3,(H,20,22);1H. The molecule has 26 heavy (non-hydrogen) atoms. The van der Waals surface area contributed by atoms with Crippen molar-refractivity contribution >= 4 is 52.9 Å². The molecule has 2 heterocycles. The van der Waals surface area contributed by atoms with E-state index >= 15 is 0 Å². The molecule has 8 heteroatoms. The van der Waals surface area contributed by atoms with Gasteiger partial charge in [0.15, 0.2) is 5.96 Å². The van der Waals surface area contributed by atoms with Crippen molar-refractivity contribution < 1.29 is 0 Å². The van der Waals surface area contributed by atoms with Crippen LogP contribution in [0, 0.1) is 6.92 Å². The van der Waals surface area contributed by atoms with Crippen molar-refractivity contribution in [1.82, 2.24) is 20.1 Å². The van der Waals surface area contributed by atoms with E-state index in [1.54, 1.807) is 11.3 Å². The van der Waals surface area contributed by atoms with E-state index in [9.17, 15) is 0 Å². The Morgan fingerprint density at radius 3 is 2.50 bits per heavy atom. The Bertz CT molecular complexity index is 711. The molecule has 0 saturated carbocycles. The summed E-state index contributed by atoms with van der Waals surface area (Å²) >= 11 is 7.68. The molecule has 142 valence electrons. The molecule has 0 spiro atoms. The highest BCUT2D eigenvalue weighted by Gasteiger charge is 2.19. The number of aromatic nitrogens is 1. The van der Waals surface area contributed by atoms with Crippen LogP contribution in [0.25, 0.3) is 0 Å². The largest absolute Gasteiger partial charge is 0.350 e. The minimum Gasteiger partial charge on any atom is -0.350 e. The van der Waals surface area contributed by atoms with Gasteiger partial charge >= 0.3 is 0 Å². The summed E-state index contributed by atoms with van der Waals surface area (Å²) in [7, 11) is 1.84. The average Bonchev–Trinajstić information content (AvgIpc) is 3.04. The minimum absolute atomic E-state index is 0. The first-order valence-corrected chi connectivity index (χ1v) is 9.67. The van der Waals surface area contributed by atoms with E-state index in [2.05, 4.69) is 44.1 Å². The van der Waals surface area contributed by atoms with Gasteiger partial charge in [0.1, 0.15) is 5.01 Å². The van der Waals surface area contributed by atoms with E-state index in [1.165, 1.54) is 10.4 Å². The van der Waals surface area contributed by atoms with Gasteiger partial charge in [0.05, 0.1) is 6.54 Å². The zero-order valence-corrected chi connectivity index (χ0v) is 19.0. The van der Waals surface area contributed by atoms with Gasteiger partial charge in [-0.3, -0.25) is 9.89 Å². The molecule has 0 amide bonds. The molecule has 1 aliphatic heterocycles. The molecule has 3 rings (SSSR count). The number of benzene rings is 1. The molecule has 1 N–H and O–H groups in total. The molecule has 1 saturated heterocycles. The molecular formula is C18H25ClIN5S. The Morgan fingerprint density at radius 2 is 1.92 bits per heavy atom. The third-order valence-electron chi connectivity index (χ3n) is 4.27. The number of hydrogen-bond donors (Lipinski definition) is 1. The van der Waals surface area contributed by atoms with Gasteiger partial charge in [-0.15, -0.1) is 35.3 Å². The summed E-state index contributed by atoms with van der Waals surface area (Å²) < 4.78 is 0. The maximum absolute atomic E-state index is 5.96. The summed E-state index contributed by atoms with van der Waals surface area (Å²) in [5.74, 6) is 0.957. The summed E-state index contributed by atoms with van der Waals surface area (Å²) in [6, 6.07) is 8.12. The number of guanidine groups is 1. The summed E-state index contributed by atoms with van der Waals surface area (Å²) in [4.78, 5) is 14.9. The Labute approximate surface area is 181 Å². The van der Waals surface area contributed by atoms with Crippen molar-refractivity contribution in [2.45, 2.75) is 20.0 Å². The van der Waals surface area contributed by atoms with Crippen LogP contribution in [0.3, 0.4) is 0 Å². The lowest BCUT2D eigenvalue weighted by atomic mass is 10.2. The van der Waals surface area contributed by atoms with Crippen LogP contribution in [-0.4, -0.2) is 54.0 Å². The number of nitrogens with zero attached hydrogens (tertiary/aromatic N) is 4. The van der Waals surface area contributed by atoms with Crippen molar-refractivity contribution in [3.05, 3.63) is 50.9 Å². The number of piperazine rings is 1. The van der Waals surface area contributed by atoms with Crippen LogP contribution in [0.15, 0.2) is 35.5 Å². The van der Waals surface area contributed by atoms with Gasteiger partial charge in [0.2, 0.25) is 0 Å². The van der Waals surface area contributed by atoms with Gasteiger partial charge in [0, 0.05) is 55.9 Å². The number of halogens is 2. The number of aliphatic imine (C=N–C) groups is 1. The van der Waals surface area contributed by atoms with Crippen molar-refractivity contribution in [3.8, 4) is 0 Å². The normalized spacial score (nSPS) is 15.7. The van der Waals surface area contributed by atoms with Gasteiger partial charge in [-0.05, 0) is 24.6 Å². The SMILES string of the molecule is CN=C(NCc1ncc(C)s1)N1CCN(Cc2ccc(Cl)cc2)CC1.I. The zero-order chi connectivity index (χ0) is 17.6. The molecule has 1 aromatic carbocycles. The second kappa shape index (κ2) is 10.4. The first kappa shape index (κ1) is 21.4. The van der Waals surface area contributed by atoms with Gasteiger partial charge in [0.25, 0.3) is 0 Å². The smallest absolute Gasteiger partial charge is 0.194 e. The summed E-state index contributed by atoms with van der Waals surface area (Å²) in [6.45, 7) is 7.79. The third-order valence-corrected chi connectivity index (χ3v) is 5.43. The Kier molecular flexibility index (Phi) is 8.59. The van der Waals surface area contributed by atoms with Crippen LogP contribution in [0.2, 0.25) is 5.02 Å². The highest BCUT2D eigenvalue weighted by molar-refractivity contribution is 14.0. The van der Waals surface area contributed by atoms with E-state index in [0.29, 0.717) is 0 Å². The molecular weight excluding hydrogens is 481 g/mol. The second-order valence-corrected chi connectivity index (χ2v) is 7.91. The van der Waals surface area contributed by atoms with E-state index in [0.717, 1.165) is 55.3 Å². The van der Waals surface area contributed by atoms with Gasteiger partial charge in [-0.1, -0.05) is 23.7 Å². The van der Waals surface area contributed by atoms with Crippen molar-refractivity contribution in [2.75, 3.05) is 33.2 Å². The van der Waals surface area contributed by atoms with Gasteiger partial charge < -0.3 is 10.2 Å². The Hall–Kier alpha value is -0.900. The maximum Gasteiger partial charge on any atom is 0.194 e. The first-order valence-electron chi connectivity index (χ1n) is 8.48. The molecule has 1 fully saturated rings. The number of aryl methyl sites for hydroxylation is 1. The van der Waals surface area contributed by atoms with E-state index in [1.807, 2.05) is 25.4 Å². The fourth-order valence-electron chi connectivity index (χ4n) is 2.94. The third kappa shape index (κ3) is 6.07. The number of nitrogens with one attached hydrogen (secondary N) is 1. The lowest BCUT2D eigenvalue weighted by Crippen LogP contribution is -2.52. The fraction of sp³-hybridized carbons (Fsp3) is 0.444. The van der Waals surface area contributed by atoms with Crippen molar-refractivity contribution in [2.24, 2.45) is 4.99 Å². The molecule has 2 aromatic rings. The molecule has 0 bridgehead atoms. The number of hydrogen-bond acceptors (Lipinski definition) is 4. The molecule has 0 atom stereocenters. The minimum atomic E-state index is 0. The lowest BCUT2D eigenvalue weighted by Gasteiger charge is -2.36. The molecule has 1 aromatic heterocycles. The van der Waals surface area contributed by atoms with Gasteiger partial charge in [-0.2, -0.15) is 0 Å². The number of rotatable bonds is 4. The Morgan fingerprint density at radius 1 is 1.23 bits per heavy atom. The predicted molar refractivity (Wildman–Crippen MR) is 121 cm³/mol.